The molecule has 1 fully saturated rings. The van der Waals surface area contributed by atoms with Crippen LogP contribution >= 0.6 is 0 Å². The fourth-order valence-corrected chi connectivity index (χ4v) is 3.76. The normalized spacial score (nSPS) is 23.3. The van der Waals surface area contributed by atoms with Crippen molar-refractivity contribution in [3.63, 3.8) is 0 Å². The Morgan fingerprint density at radius 1 is 1.27 bits per heavy atom. The van der Waals surface area contributed by atoms with E-state index in [0.29, 0.717) is 11.7 Å². The maximum Gasteiger partial charge on any atom is 0.231 e. The number of rotatable bonds is 3. The number of pyridine rings is 1. The van der Waals surface area contributed by atoms with Crippen LogP contribution in [0.4, 0.5) is 0 Å². The molecule has 7 heteroatoms. The molecule has 0 saturated heterocycles. The maximum absolute atomic E-state index is 6.45. The zero-order valence-corrected chi connectivity index (χ0v) is 15.4. The van der Waals surface area contributed by atoms with Gasteiger partial charge in [0, 0.05) is 23.0 Å². The molecule has 3 aromatic heterocycles. The Morgan fingerprint density at radius 2 is 2.12 bits per heavy atom. The van der Waals surface area contributed by atoms with Gasteiger partial charge >= 0.3 is 0 Å². The number of nitrogens with zero attached hydrogens (tertiary/aromatic N) is 5. The number of hydrogen-bond donors (Lipinski definition) is 1. The van der Waals surface area contributed by atoms with Crippen molar-refractivity contribution in [2.24, 2.45) is 5.73 Å². The standard InChI is InChI=1S/C19H24N6O/c1-12-10-13(2)25(23-12)16-8-7-14(11-21-16)17-22-18(26-24-17)15-6-4-5-9-19(15,3)20/h7-8,10-11,15H,4-6,9,20H2,1-3H3. The average Bonchev–Trinajstić information content (AvgIpc) is 3.21. The van der Waals surface area contributed by atoms with Gasteiger partial charge in [-0.3, -0.25) is 0 Å². The Kier molecular flexibility index (Phi) is 4.11. The summed E-state index contributed by atoms with van der Waals surface area (Å²) in [6.07, 6.45) is 6.03. The molecule has 2 unspecified atom stereocenters. The van der Waals surface area contributed by atoms with Gasteiger partial charge in [0.2, 0.25) is 11.7 Å². The highest BCUT2D eigenvalue weighted by Gasteiger charge is 2.37. The molecule has 2 atom stereocenters. The zero-order chi connectivity index (χ0) is 18.3. The van der Waals surface area contributed by atoms with Crippen molar-refractivity contribution in [3.8, 4) is 17.2 Å². The van der Waals surface area contributed by atoms with Gasteiger partial charge in [-0.2, -0.15) is 10.1 Å². The van der Waals surface area contributed by atoms with Gasteiger partial charge in [-0.15, -0.1) is 0 Å². The van der Waals surface area contributed by atoms with Crippen LogP contribution in [0.3, 0.4) is 0 Å². The summed E-state index contributed by atoms with van der Waals surface area (Å²) in [5.74, 6) is 2.06. The summed E-state index contributed by atoms with van der Waals surface area (Å²) in [5, 5.41) is 8.60. The zero-order valence-electron chi connectivity index (χ0n) is 15.4. The van der Waals surface area contributed by atoms with Crippen molar-refractivity contribution in [3.05, 3.63) is 41.7 Å². The lowest BCUT2D eigenvalue weighted by Gasteiger charge is -2.35. The SMILES string of the molecule is Cc1cc(C)n(-c2ccc(-c3noc(C4CCCCC4(C)N)n3)cn2)n1. The lowest BCUT2D eigenvalue weighted by Crippen LogP contribution is -2.44. The lowest BCUT2D eigenvalue weighted by molar-refractivity contribution is 0.223. The quantitative estimate of drug-likeness (QED) is 0.777. The van der Waals surface area contributed by atoms with Gasteiger partial charge in [0.15, 0.2) is 5.82 Å². The third-order valence-electron chi connectivity index (χ3n) is 5.23. The second-order valence-electron chi connectivity index (χ2n) is 7.50. The van der Waals surface area contributed by atoms with E-state index in [2.05, 4.69) is 27.1 Å². The summed E-state index contributed by atoms with van der Waals surface area (Å²) < 4.78 is 7.37. The van der Waals surface area contributed by atoms with E-state index in [0.717, 1.165) is 48.5 Å². The van der Waals surface area contributed by atoms with Gasteiger partial charge in [0.05, 0.1) is 11.6 Å². The molecule has 4 rings (SSSR count). The van der Waals surface area contributed by atoms with Gasteiger partial charge < -0.3 is 10.3 Å². The predicted octanol–water partition coefficient (Wildman–Crippen LogP) is 3.31. The first-order chi connectivity index (χ1) is 12.4. The fraction of sp³-hybridized carbons (Fsp3) is 0.474. The van der Waals surface area contributed by atoms with Crippen molar-refractivity contribution in [2.75, 3.05) is 0 Å². The van der Waals surface area contributed by atoms with E-state index in [-0.39, 0.29) is 11.5 Å². The molecule has 1 saturated carbocycles. The summed E-state index contributed by atoms with van der Waals surface area (Å²) in [4.78, 5) is 9.11. The number of aromatic nitrogens is 5. The van der Waals surface area contributed by atoms with Crippen LogP contribution in [0.5, 0.6) is 0 Å². The first-order valence-electron chi connectivity index (χ1n) is 9.06. The van der Waals surface area contributed by atoms with Crippen LogP contribution in [0.15, 0.2) is 28.9 Å². The molecular formula is C19H24N6O. The van der Waals surface area contributed by atoms with Crippen molar-refractivity contribution in [1.82, 2.24) is 24.9 Å². The van der Waals surface area contributed by atoms with Crippen molar-refractivity contribution < 1.29 is 4.52 Å². The molecule has 7 nitrogen and oxygen atoms in total. The Bertz CT molecular complexity index is 909. The van der Waals surface area contributed by atoms with Gasteiger partial charge in [0.1, 0.15) is 0 Å². The largest absolute Gasteiger partial charge is 0.339 e. The smallest absolute Gasteiger partial charge is 0.231 e. The summed E-state index contributed by atoms with van der Waals surface area (Å²) in [6, 6.07) is 5.88. The molecule has 0 spiro atoms. The number of aryl methyl sites for hydroxylation is 2. The minimum absolute atomic E-state index is 0.111. The maximum atomic E-state index is 6.45. The van der Waals surface area contributed by atoms with Crippen LogP contribution in [0, 0.1) is 13.8 Å². The molecule has 0 radical (unpaired) electrons. The molecule has 26 heavy (non-hydrogen) atoms. The number of nitrogens with two attached hydrogens (primary N) is 1. The summed E-state index contributed by atoms with van der Waals surface area (Å²) in [5.41, 5.74) is 8.99. The Labute approximate surface area is 152 Å². The van der Waals surface area contributed by atoms with Crippen molar-refractivity contribution >= 4 is 0 Å². The van der Waals surface area contributed by atoms with E-state index in [1.165, 1.54) is 0 Å². The number of hydrogen-bond acceptors (Lipinski definition) is 6. The minimum Gasteiger partial charge on any atom is -0.339 e. The average molecular weight is 352 g/mol. The Balaban J connectivity index is 1.59. The van der Waals surface area contributed by atoms with Crippen LogP contribution in [0.25, 0.3) is 17.2 Å². The molecule has 0 aromatic carbocycles. The second-order valence-corrected chi connectivity index (χ2v) is 7.50. The monoisotopic (exact) mass is 352 g/mol. The summed E-state index contributed by atoms with van der Waals surface area (Å²) >= 11 is 0. The van der Waals surface area contributed by atoms with Gasteiger partial charge in [0.25, 0.3) is 0 Å². The van der Waals surface area contributed by atoms with E-state index in [1.807, 2.05) is 36.7 Å². The first-order valence-corrected chi connectivity index (χ1v) is 9.06. The molecule has 3 heterocycles. The topological polar surface area (TPSA) is 95.7 Å². The van der Waals surface area contributed by atoms with E-state index < -0.39 is 0 Å². The first kappa shape index (κ1) is 16.9. The molecule has 0 amide bonds. The molecule has 1 aliphatic carbocycles. The Morgan fingerprint density at radius 3 is 2.77 bits per heavy atom. The summed E-state index contributed by atoms with van der Waals surface area (Å²) in [6.45, 7) is 6.05. The van der Waals surface area contributed by atoms with Crippen molar-refractivity contribution in [1.29, 1.82) is 0 Å². The Hall–Kier alpha value is -2.54. The van der Waals surface area contributed by atoms with E-state index in [9.17, 15) is 0 Å². The van der Waals surface area contributed by atoms with Gasteiger partial charge in [-0.1, -0.05) is 18.0 Å². The molecule has 1 aliphatic rings. The molecule has 0 bridgehead atoms. The fourth-order valence-electron chi connectivity index (χ4n) is 3.76. The van der Waals surface area contributed by atoms with E-state index in [4.69, 9.17) is 10.3 Å². The third-order valence-corrected chi connectivity index (χ3v) is 5.23. The van der Waals surface area contributed by atoms with E-state index in [1.54, 1.807) is 6.20 Å². The van der Waals surface area contributed by atoms with Crippen LogP contribution in [-0.2, 0) is 0 Å². The van der Waals surface area contributed by atoms with Gasteiger partial charge in [-0.05, 0) is 51.8 Å². The van der Waals surface area contributed by atoms with E-state index >= 15 is 0 Å². The summed E-state index contributed by atoms with van der Waals surface area (Å²) in [7, 11) is 0. The lowest BCUT2D eigenvalue weighted by atomic mass is 9.74. The predicted molar refractivity (Wildman–Crippen MR) is 97.9 cm³/mol. The highest BCUT2D eigenvalue weighted by Crippen LogP contribution is 2.38. The van der Waals surface area contributed by atoms with Gasteiger partial charge in [-0.25, -0.2) is 9.67 Å². The van der Waals surface area contributed by atoms with Crippen molar-refractivity contribution in [2.45, 2.75) is 57.9 Å². The minimum atomic E-state index is -0.292. The van der Waals surface area contributed by atoms with Crippen LogP contribution in [0.1, 0.15) is 55.8 Å². The molecule has 0 aliphatic heterocycles. The van der Waals surface area contributed by atoms with Crippen LogP contribution < -0.4 is 5.73 Å². The van der Waals surface area contributed by atoms with Crippen LogP contribution in [0.2, 0.25) is 0 Å². The third kappa shape index (κ3) is 3.03. The highest BCUT2D eigenvalue weighted by atomic mass is 16.5. The van der Waals surface area contributed by atoms with Crippen LogP contribution in [-0.4, -0.2) is 30.4 Å². The molecule has 3 aromatic rings. The second kappa shape index (κ2) is 6.32. The highest BCUT2D eigenvalue weighted by molar-refractivity contribution is 5.53. The molecule has 2 N–H and O–H groups in total. The molecular weight excluding hydrogens is 328 g/mol. The molecule has 136 valence electrons.